The van der Waals surface area contributed by atoms with Crippen molar-refractivity contribution in [2.75, 3.05) is 13.2 Å². The van der Waals surface area contributed by atoms with Crippen LogP contribution in [-0.4, -0.2) is 44.7 Å². The van der Waals surface area contributed by atoms with Crippen molar-refractivity contribution in [1.82, 2.24) is 10.4 Å². The highest BCUT2D eigenvalue weighted by Gasteiger charge is 2.37. The lowest BCUT2D eigenvalue weighted by Crippen LogP contribution is -2.51. The third-order valence-electron chi connectivity index (χ3n) is 7.14. The van der Waals surface area contributed by atoms with Gasteiger partial charge in [0.2, 0.25) is 0 Å². The van der Waals surface area contributed by atoms with Crippen LogP contribution in [0.25, 0.3) is 0 Å². The molecule has 2 atom stereocenters. The summed E-state index contributed by atoms with van der Waals surface area (Å²) in [4.78, 5) is 12.6. The van der Waals surface area contributed by atoms with E-state index in [0.29, 0.717) is 6.61 Å². The van der Waals surface area contributed by atoms with Gasteiger partial charge in [-0.25, -0.2) is 15.2 Å². The fourth-order valence-corrected chi connectivity index (χ4v) is 5.09. The SMILES string of the molecule is CC(C)(C)[Si](C)(C)OCCCC[C@@H](Cc1ccccc1)NN1C(=O)OC[C@@H]1Cc1ccccc1. The molecule has 1 fully saturated rings. The molecule has 6 heteroatoms. The Morgan fingerprint density at radius 1 is 1.03 bits per heavy atom. The van der Waals surface area contributed by atoms with Crippen molar-refractivity contribution in [3.8, 4) is 0 Å². The van der Waals surface area contributed by atoms with Crippen LogP contribution < -0.4 is 5.43 Å². The predicted octanol–water partition coefficient (Wildman–Crippen LogP) is 6.36. The molecule has 1 aliphatic heterocycles. The van der Waals surface area contributed by atoms with Crippen molar-refractivity contribution in [3.05, 3.63) is 71.8 Å². The van der Waals surface area contributed by atoms with Gasteiger partial charge in [-0.3, -0.25) is 0 Å². The summed E-state index contributed by atoms with van der Waals surface area (Å²) in [6, 6.07) is 20.9. The second-order valence-electron chi connectivity index (χ2n) is 10.9. The minimum absolute atomic E-state index is 0.00454. The van der Waals surface area contributed by atoms with Crippen LogP contribution in [0.15, 0.2) is 60.7 Å². The van der Waals surface area contributed by atoms with Crippen molar-refractivity contribution < 1.29 is 14.0 Å². The number of hydrazine groups is 1. The van der Waals surface area contributed by atoms with Crippen LogP contribution >= 0.6 is 0 Å². The maximum absolute atomic E-state index is 12.6. The van der Waals surface area contributed by atoms with Crippen LogP contribution in [0.3, 0.4) is 0 Å². The number of unbranched alkanes of at least 4 members (excludes halogenated alkanes) is 1. The fraction of sp³-hybridized carbons (Fsp3) is 0.536. The fourth-order valence-electron chi connectivity index (χ4n) is 4.00. The maximum Gasteiger partial charge on any atom is 0.424 e. The summed E-state index contributed by atoms with van der Waals surface area (Å²) in [7, 11) is -1.71. The van der Waals surface area contributed by atoms with Crippen LogP contribution in [0, 0.1) is 0 Å². The van der Waals surface area contributed by atoms with Crippen molar-refractivity contribution in [1.29, 1.82) is 0 Å². The molecule has 5 nitrogen and oxygen atoms in total. The standard InChI is InChI=1S/C28H42N2O3Si/c1-28(2,3)34(4,5)33-19-13-12-18-25(20-23-14-8-6-9-15-23)29-30-26(22-32-27(30)31)21-24-16-10-7-11-17-24/h6-11,14-17,25-26,29H,12-13,18-22H2,1-5H3/t25-,26-/m0/s1. The summed E-state index contributed by atoms with van der Waals surface area (Å²) < 4.78 is 11.8. The Morgan fingerprint density at radius 3 is 2.26 bits per heavy atom. The molecule has 34 heavy (non-hydrogen) atoms. The van der Waals surface area contributed by atoms with E-state index in [4.69, 9.17) is 9.16 Å². The molecule has 0 aliphatic carbocycles. The van der Waals surface area contributed by atoms with Crippen LogP contribution in [0.4, 0.5) is 4.79 Å². The minimum Gasteiger partial charge on any atom is -0.446 e. The zero-order chi connectivity index (χ0) is 24.6. The van der Waals surface area contributed by atoms with E-state index in [1.165, 1.54) is 11.1 Å². The third-order valence-corrected chi connectivity index (χ3v) is 11.7. The minimum atomic E-state index is -1.71. The molecule has 1 aliphatic rings. The van der Waals surface area contributed by atoms with E-state index in [1.807, 2.05) is 24.3 Å². The summed E-state index contributed by atoms with van der Waals surface area (Å²) in [6.07, 6.45) is 4.41. The maximum atomic E-state index is 12.6. The van der Waals surface area contributed by atoms with Gasteiger partial charge < -0.3 is 9.16 Å². The van der Waals surface area contributed by atoms with E-state index in [1.54, 1.807) is 5.01 Å². The van der Waals surface area contributed by atoms with Crippen LogP contribution in [0.5, 0.6) is 0 Å². The molecule has 0 saturated carbocycles. The number of ether oxygens (including phenoxy) is 1. The number of hydrogen-bond donors (Lipinski definition) is 1. The van der Waals surface area contributed by atoms with E-state index in [-0.39, 0.29) is 23.2 Å². The molecular formula is C28H42N2O3Si. The average Bonchev–Trinajstić information content (AvgIpc) is 3.13. The molecule has 2 aromatic rings. The van der Waals surface area contributed by atoms with Gasteiger partial charge in [-0.1, -0.05) is 81.4 Å². The van der Waals surface area contributed by atoms with E-state index in [9.17, 15) is 4.79 Å². The number of nitrogens with zero attached hydrogens (tertiary/aromatic N) is 1. The Balaban J connectivity index is 1.59. The van der Waals surface area contributed by atoms with Crippen LogP contribution in [0.2, 0.25) is 18.1 Å². The molecule has 1 amide bonds. The first-order valence-corrected chi connectivity index (χ1v) is 15.5. The van der Waals surface area contributed by atoms with Gasteiger partial charge in [-0.2, -0.15) is 0 Å². The topological polar surface area (TPSA) is 50.8 Å². The Kier molecular flexibility index (Phi) is 9.34. The molecular weight excluding hydrogens is 440 g/mol. The molecule has 186 valence electrons. The monoisotopic (exact) mass is 482 g/mol. The second-order valence-corrected chi connectivity index (χ2v) is 15.7. The van der Waals surface area contributed by atoms with Gasteiger partial charge in [0.15, 0.2) is 8.32 Å². The van der Waals surface area contributed by atoms with Crippen molar-refractivity contribution in [2.45, 2.75) is 83.1 Å². The van der Waals surface area contributed by atoms with E-state index >= 15 is 0 Å². The largest absolute Gasteiger partial charge is 0.446 e. The highest BCUT2D eigenvalue weighted by atomic mass is 28.4. The number of cyclic esters (lactones) is 1. The summed E-state index contributed by atoms with van der Waals surface area (Å²) in [5.74, 6) is 0. The lowest BCUT2D eigenvalue weighted by atomic mass is 10.0. The van der Waals surface area contributed by atoms with E-state index in [2.05, 4.69) is 75.7 Å². The number of rotatable bonds is 12. The normalized spacial score (nSPS) is 17.6. The van der Waals surface area contributed by atoms with Crippen molar-refractivity contribution in [2.24, 2.45) is 0 Å². The molecule has 0 aromatic heterocycles. The lowest BCUT2D eigenvalue weighted by Gasteiger charge is -2.36. The Hall–Kier alpha value is -2.15. The zero-order valence-corrected chi connectivity index (χ0v) is 22.5. The van der Waals surface area contributed by atoms with E-state index < -0.39 is 8.32 Å². The zero-order valence-electron chi connectivity index (χ0n) is 21.5. The Morgan fingerprint density at radius 2 is 1.65 bits per heavy atom. The highest BCUT2D eigenvalue weighted by Crippen LogP contribution is 2.36. The van der Waals surface area contributed by atoms with Crippen LogP contribution in [0.1, 0.15) is 51.2 Å². The van der Waals surface area contributed by atoms with Crippen LogP contribution in [-0.2, 0) is 22.0 Å². The van der Waals surface area contributed by atoms with Gasteiger partial charge in [-0.05, 0) is 61.4 Å². The quantitative estimate of drug-likeness (QED) is 0.283. The molecule has 2 aromatic carbocycles. The van der Waals surface area contributed by atoms with Gasteiger partial charge in [0.05, 0.1) is 6.04 Å². The number of amides is 1. The first-order chi connectivity index (χ1) is 16.2. The number of carbonyl (C=O) groups is 1. The van der Waals surface area contributed by atoms with Gasteiger partial charge in [0.25, 0.3) is 0 Å². The molecule has 0 bridgehead atoms. The van der Waals surface area contributed by atoms with Gasteiger partial charge in [0, 0.05) is 12.6 Å². The molecule has 1 saturated heterocycles. The highest BCUT2D eigenvalue weighted by molar-refractivity contribution is 6.74. The molecule has 3 rings (SSSR count). The summed E-state index contributed by atoms with van der Waals surface area (Å²) in [6.45, 7) is 12.7. The molecule has 0 spiro atoms. The van der Waals surface area contributed by atoms with E-state index in [0.717, 1.165) is 38.7 Å². The predicted molar refractivity (Wildman–Crippen MR) is 141 cm³/mol. The third kappa shape index (κ3) is 7.69. The van der Waals surface area contributed by atoms with Gasteiger partial charge in [-0.15, -0.1) is 0 Å². The van der Waals surface area contributed by atoms with Gasteiger partial charge >= 0.3 is 6.09 Å². The number of hydrogen-bond acceptors (Lipinski definition) is 4. The Labute approximate surface area is 206 Å². The summed E-state index contributed by atoms with van der Waals surface area (Å²) >= 11 is 0. The lowest BCUT2D eigenvalue weighted by molar-refractivity contribution is 0.127. The summed E-state index contributed by atoms with van der Waals surface area (Å²) in [5, 5.41) is 1.96. The average molecular weight is 483 g/mol. The number of nitrogens with one attached hydrogen (secondary N) is 1. The first kappa shape index (κ1) is 26.5. The molecule has 1 N–H and O–H groups in total. The molecule has 1 heterocycles. The summed E-state index contributed by atoms with van der Waals surface area (Å²) in [5.41, 5.74) is 6.02. The van der Waals surface area contributed by atoms with Crippen molar-refractivity contribution >= 4 is 14.4 Å². The van der Waals surface area contributed by atoms with Crippen molar-refractivity contribution in [3.63, 3.8) is 0 Å². The molecule has 0 unspecified atom stereocenters. The Bertz CT molecular complexity index is 884. The second kappa shape index (κ2) is 12.0. The number of carbonyl (C=O) groups excluding carboxylic acids is 1. The molecule has 0 radical (unpaired) electrons. The van der Waals surface area contributed by atoms with Gasteiger partial charge in [0.1, 0.15) is 6.61 Å². The number of benzene rings is 2. The first-order valence-electron chi connectivity index (χ1n) is 12.6. The smallest absolute Gasteiger partial charge is 0.424 e.